The fourth-order valence-corrected chi connectivity index (χ4v) is 4.69. The lowest BCUT2D eigenvalue weighted by Gasteiger charge is -2.29. The van der Waals surface area contributed by atoms with Crippen LogP contribution < -0.4 is 5.73 Å². The summed E-state index contributed by atoms with van der Waals surface area (Å²) in [6.07, 6.45) is -13.3. The van der Waals surface area contributed by atoms with Gasteiger partial charge in [0, 0.05) is 0 Å². The molecule has 3 saturated heterocycles. The number of rotatable bonds is 8. The van der Waals surface area contributed by atoms with Crippen LogP contribution in [0.4, 0.5) is 5.82 Å². The molecule has 0 amide bonds. The van der Waals surface area contributed by atoms with Crippen molar-refractivity contribution in [2.75, 3.05) is 25.6 Å². The zero-order valence-electron chi connectivity index (χ0n) is 19.2. The zero-order valence-corrected chi connectivity index (χ0v) is 19.2. The molecule has 0 aliphatic carbocycles. The van der Waals surface area contributed by atoms with Crippen molar-refractivity contribution < 1.29 is 59.4 Å². The first-order valence-electron chi connectivity index (χ1n) is 11.5. The average Bonchev–Trinajstić information content (AvgIpc) is 3.61. The van der Waals surface area contributed by atoms with Crippen LogP contribution in [0.5, 0.6) is 0 Å². The lowest BCUT2D eigenvalue weighted by atomic mass is 10.1. The average molecular weight is 531 g/mol. The molecule has 5 heterocycles. The smallest absolute Gasteiger partial charge is 0.187 e. The summed E-state index contributed by atoms with van der Waals surface area (Å²) in [5.41, 5.74) is 6.39. The van der Waals surface area contributed by atoms with E-state index < -0.39 is 93.6 Å². The van der Waals surface area contributed by atoms with Gasteiger partial charge in [-0.15, -0.1) is 0 Å². The summed E-state index contributed by atoms with van der Waals surface area (Å²) >= 11 is 0. The Morgan fingerprint density at radius 3 is 2.03 bits per heavy atom. The number of nitrogens with zero attached hydrogens (tertiary/aromatic N) is 4. The van der Waals surface area contributed by atoms with E-state index in [0.29, 0.717) is 0 Å². The minimum absolute atomic E-state index is 0.110. The van der Waals surface area contributed by atoms with Gasteiger partial charge >= 0.3 is 0 Å². The van der Waals surface area contributed by atoms with Gasteiger partial charge < -0.3 is 65.2 Å². The summed E-state index contributed by atoms with van der Waals surface area (Å²) in [5, 5.41) is 70.5. The maximum absolute atomic E-state index is 10.9. The van der Waals surface area contributed by atoms with E-state index in [0.717, 1.165) is 0 Å². The maximum Gasteiger partial charge on any atom is 0.187 e. The first kappa shape index (κ1) is 26.5. The Labute approximate surface area is 208 Å². The second kappa shape index (κ2) is 10.6. The lowest BCUT2D eigenvalue weighted by Crippen LogP contribution is -2.46. The Kier molecular flexibility index (Phi) is 7.56. The minimum atomic E-state index is -1.56. The molecular weight excluding hydrogens is 502 g/mol. The fourth-order valence-electron chi connectivity index (χ4n) is 4.69. The van der Waals surface area contributed by atoms with Gasteiger partial charge in [-0.3, -0.25) is 4.57 Å². The van der Waals surface area contributed by atoms with Crippen molar-refractivity contribution in [3.8, 4) is 0 Å². The number of aliphatic hydroxyl groups excluding tert-OH is 7. The molecule has 3 fully saturated rings. The number of fused-ring (bicyclic) bond motifs is 1. The minimum Gasteiger partial charge on any atom is -0.394 e. The molecule has 2 aromatic heterocycles. The van der Waals surface area contributed by atoms with Crippen LogP contribution >= 0.6 is 0 Å². The third kappa shape index (κ3) is 4.56. The van der Waals surface area contributed by atoms with Crippen LogP contribution in [-0.2, 0) is 23.7 Å². The van der Waals surface area contributed by atoms with Crippen molar-refractivity contribution in [1.29, 1.82) is 0 Å². The largest absolute Gasteiger partial charge is 0.394 e. The quantitative estimate of drug-likeness (QED) is 0.158. The summed E-state index contributed by atoms with van der Waals surface area (Å²) in [5.74, 6) is 0.110. The second-order valence-corrected chi connectivity index (χ2v) is 8.95. The molecule has 37 heavy (non-hydrogen) atoms. The van der Waals surface area contributed by atoms with Gasteiger partial charge in [-0.05, 0) is 0 Å². The van der Waals surface area contributed by atoms with E-state index in [1.807, 2.05) is 0 Å². The molecule has 9 N–H and O–H groups in total. The zero-order chi connectivity index (χ0) is 26.4. The van der Waals surface area contributed by atoms with Crippen LogP contribution in [0.3, 0.4) is 0 Å². The third-order valence-corrected chi connectivity index (χ3v) is 6.71. The number of anilines is 1. The molecule has 0 radical (unpaired) electrons. The van der Waals surface area contributed by atoms with E-state index in [1.54, 1.807) is 0 Å². The molecule has 0 aromatic carbocycles. The molecule has 0 unspecified atom stereocenters. The second-order valence-electron chi connectivity index (χ2n) is 8.95. The van der Waals surface area contributed by atoms with Gasteiger partial charge in [-0.2, -0.15) is 0 Å². The van der Waals surface area contributed by atoms with Crippen LogP contribution in [0.1, 0.15) is 6.23 Å². The number of hydrogen-bond acceptors (Lipinski definition) is 16. The highest BCUT2D eigenvalue weighted by Crippen LogP contribution is 2.38. The number of aliphatic hydroxyl groups is 7. The predicted molar refractivity (Wildman–Crippen MR) is 116 cm³/mol. The van der Waals surface area contributed by atoms with E-state index in [4.69, 9.17) is 29.4 Å². The molecule has 0 saturated carbocycles. The van der Waals surface area contributed by atoms with E-state index >= 15 is 0 Å². The van der Waals surface area contributed by atoms with Crippen molar-refractivity contribution in [1.82, 2.24) is 19.5 Å². The molecule has 2 aromatic rings. The van der Waals surface area contributed by atoms with E-state index in [9.17, 15) is 35.7 Å². The molecule has 3 aliphatic heterocycles. The van der Waals surface area contributed by atoms with E-state index in [2.05, 4.69) is 15.0 Å². The number of nitrogens with two attached hydrogens (primary N) is 1. The Balaban J connectivity index is 1.41. The standard InChI is InChI=1S/C20H29N5O12/c21-16-9-17(23-4-22-16)25(5-24-9)18-14(11(30)7(2-27)33-18)36-20-15(12(31)8(3-28)35-20)37-19-13(32)10(29)6(1-26)34-19/h4-8,10-15,18-20,26-32H,1-3H2,(H2,21,22,23)/t6-,7-,8-,10-,11-,12-,13-,14-,15-,18-,19-,20-/m1/s1. The van der Waals surface area contributed by atoms with Crippen LogP contribution in [0, 0.1) is 0 Å². The Morgan fingerprint density at radius 2 is 1.35 bits per heavy atom. The molecule has 0 bridgehead atoms. The van der Waals surface area contributed by atoms with Crippen molar-refractivity contribution in [3.63, 3.8) is 0 Å². The highest BCUT2D eigenvalue weighted by atomic mass is 16.8. The SMILES string of the molecule is Nc1ncnc2c1ncn2[C@@H]1O[C@H](CO)[C@@H](O)[C@H]1O[C@H]1O[C@H](CO)[C@@H](O)[C@H]1O[C@H]1O[C@H](CO)[C@@H](O)[C@H]1O. The van der Waals surface area contributed by atoms with E-state index in [1.165, 1.54) is 17.2 Å². The number of nitrogen functional groups attached to an aromatic ring is 1. The molecule has 3 aliphatic rings. The van der Waals surface area contributed by atoms with Gasteiger partial charge in [0.2, 0.25) is 0 Å². The number of hydrogen-bond donors (Lipinski definition) is 8. The number of aromatic nitrogens is 4. The maximum atomic E-state index is 10.9. The lowest BCUT2D eigenvalue weighted by molar-refractivity contribution is -0.265. The van der Waals surface area contributed by atoms with Gasteiger partial charge in [0.1, 0.15) is 66.8 Å². The first-order valence-corrected chi connectivity index (χ1v) is 11.5. The molecular formula is C20H29N5O12. The van der Waals surface area contributed by atoms with Crippen molar-refractivity contribution in [2.45, 2.75) is 73.7 Å². The van der Waals surface area contributed by atoms with Gasteiger partial charge in [0.25, 0.3) is 0 Å². The summed E-state index contributed by atoms with van der Waals surface area (Å²) in [7, 11) is 0. The van der Waals surface area contributed by atoms with Crippen molar-refractivity contribution in [2.24, 2.45) is 0 Å². The Morgan fingerprint density at radius 1 is 0.757 bits per heavy atom. The molecule has 12 atom stereocenters. The van der Waals surface area contributed by atoms with E-state index in [-0.39, 0.29) is 17.0 Å². The van der Waals surface area contributed by atoms with Gasteiger partial charge in [0.15, 0.2) is 30.3 Å². The van der Waals surface area contributed by atoms with Crippen molar-refractivity contribution >= 4 is 17.0 Å². The molecule has 0 spiro atoms. The summed E-state index contributed by atoms with van der Waals surface area (Å²) in [6, 6.07) is 0. The van der Waals surface area contributed by atoms with Gasteiger partial charge in [-0.25, -0.2) is 15.0 Å². The molecule has 17 nitrogen and oxygen atoms in total. The molecule has 206 valence electrons. The monoisotopic (exact) mass is 531 g/mol. The van der Waals surface area contributed by atoms with Crippen molar-refractivity contribution in [3.05, 3.63) is 12.7 Å². The normalized spacial score (nSPS) is 42.2. The summed E-state index contributed by atoms with van der Waals surface area (Å²) in [6.45, 7) is -1.77. The van der Waals surface area contributed by atoms with Crippen LogP contribution in [0.25, 0.3) is 11.2 Å². The summed E-state index contributed by atoms with van der Waals surface area (Å²) in [4.78, 5) is 12.2. The highest BCUT2D eigenvalue weighted by Gasteiger charge is 2.54. The highest BCUT2D eigenvalue weighted by molar-refractivity contribution is 5.81. The summed E-state index contributed by atoms with van der Waals surface area (Å²) < 4.78 is 29.8. The number of ether oxygens (including phenoxy) is 5. The van der Waals surface area contributed by atoms with Crippen LogP contribution in [0.15, 0.2) is 12.7 Å². The topological polar surface area (TPSA) is 257 Å². The Bertz CT molecular complexity index is 1080. The first-order chi connectivity index (χ1) is 17.8. The number of imidazole rings is 1. The fraction of sp³-hybridized carbons (Fsp3) is 0.750. The van der Waals surface area contributed by atoms with Gasteiger partial charge in [-0.1, -0.05) is 0 Å². The third-order valence-electron chi connectivity index (χ3n) is 6.71. The van der Waals surface area contributed by atoms with Crippen LogP contribution in [-0.4, -0.2) is 143 Å². The van der Waals surface area contributed by atoms with Gasteiger partial charge in [0.05, 0.1) is 26.1 Å². The molecule has 17 heteroatoms. The molecule has 5 rings (SSSR count). The Hall–Kier alpha value is -2.13. The predicted octanol–water partition coefficient (Wildman–Crippen LogP) is -5.05. The van der Waals surface area contributed by atoms with Crippen LogP contribution in [0.2, 0.25) is 0 Å².